The summed E-state index contributed by atoms with van der Waals surface area (Å²) in [7, 11) is -3.76. The van der Waals surface area contributed by atoms with E-state index in [0.29, 0.717) is 15.1 Å². The lowest BCUT2D eigenvalue weighted by molar-refractivity contribution is 0.601. The Morgan fingerprint density at radius 1 is 1.25 bits per heavy atom. The van der Waals surface area contributed by atoms with Crippen molar-refractivity contribution in [1.82, 2.24) is 4.98 Å². The van der Waals surface area contributed by atoms with Gasteiger partial charge in [0.1, 0.15) is 0 Å². The van der Waals surface area contributed by atoms with Crippen LogP contribution in [0.25, 0.3) is 0 Å². The zero-order valence-corrected chi connectivity index (χ0v) is 14.1. The number of anilines is 1. The number of hydrogen-bond acceptors (Lipinski definition) is 3. The second-order valence-electron chi connectivity index (χ2n) is 3.98. The summed E-state index contributed by atoms with van der Waals surface area (Å²) >= 11 is 14.9. The largest absolute Gasteiger partial charge is 0.276 e. The summed E-state index contributed by atoms with van der Waals surface area (Å²) in [4.78, 5) is 3.93. The summed E-state index contributed by atoms with van der Waals surface area (Å²) < 4.78 is 27.5. The van der Waals surface area contributed by atoms with Gasteiger partial charge >= 0.3 is 0 Å². The van der Waals surface area contributed by atoms with Crippen LogP contribution >= 0.6 is 39.1 Å². The summed E-state index contributed by atoms with van der Waals surface area (Å²) in [5.41, 5.74) is 0.946. The van der Waals surface area contributed by atoms with Crippen molar-refractivity contribution < 1.29 is 8.42 Å². The molecule has 0 radical (unpaired) electrons. The standard InChI is InChI=1S/C12H9BrCl2N2O2S/c1-7-4-5-16-12(15)11(7)17-20(18,19)8-2-3-10(14)9(13)6-8/h2-6,17H,1H3. The van der Waals surface area contributed by atoms with Crippen LogP contribution < -0.4 is 4.72 Å². The lowest BCUT2D eigenvalue weighted by Gasteiger charge is -2.12. The number of halogens is 3. The van der Waals surface area contributed by atoms with E-state index in [4.69, 9.17) is 23.2 Å². The van der Waals surface area contributed by atoms with Crippen molar-refractivity contribution >= 4 is 54.8 Å². The topological polar surface area (TPSA) is 59.1 Å². The molecule has 2 aromatic rings. The van der Waals surface area contributed by atoms with Crippen LogP contribution in [0, 0.1) is 6.92 Å². The fourth-order valence-corrected chi connectivity index (χ4v) is 3.61. The first-order valence-corrected chi connectivity index (χ1v) is 8.43. The van der Waals surface area contributed by atoms with Gasteiger partial charge in [-0.25, -0.2) is 13.4 Å². The van der Waals surface area contributed by atoms with Gasteiger partial charge in [-0.1, -0.05) is 23.2 Å². The molecule has 8 heteroatoms. The summed E-state index contributed by atoms with van der Waals surface area (Å²) in [6.45, 7) is 1.74. The van der Waals surface area contributed by atoms with Crippen molar-refractivity contribution in [3.8, 4) is 0 Å². The normalized spacial score (nSPS) is 11.4. The molecule has 4 nitrogen and oxygen atoms in total. The maximum Gasteiger partial charge on any atom is 0.262 e. The molecule has 1 aromatic carbocycles. The average Bonchev–Trinajstić information content (AvgIpc) is 2.37. The van der Waals surface area contributed by atoms with E-state index in [1.165, 1.54) is 24.4 Å². The molecule has 2 rings (SSSR count). The molecule has 106 valence electrons. The molecule has 1 heterocycles. The molecule has 0 aliphatic carbocycles. The molecule has 0 amide bonds. The molecule has 1 N–H and O–H groups in total. The molecule has 0 bridgehead atoms. The Hall–Kier alpha value is -0.820. The molecule has 1 aromatic heterocycles. The van der Waals surface area contributed by atoms with Gasteiger partial charge in [0.2, 0.25) is 0 Å². The summed E-state index contributed by atoms with van der Waals surface area (Å²) in [5.74, 6) is 0. The molecule has 20 heavy (non-hydrogen) atoms. The molecule has 0 fully saturated rings. The van der Waals surface area contributed by atoms with Crippen LogP contribution in [0.5, 0.6) is 0 Å². The second kappa shape index (κ2) is 5.89. The minimum absolute atomic E-state index is 0.0769. The predicted octanol–water partition coefficient (Wildman–Crippen LogP) is 4.26. The van der Waals surface area contributed by atoms with Crippen LogP contribution in [-0.2, 0) is 10.0 Å². The van der Waals surface area contributed by atoms with Gasteiger partial charge in [0.15, 0.2) is 5.15 Å². The first-order valence-electron chi connectivity index (χ1n) is 5.40. The Morgan fingerprint density at radius 2 is 1.95 bits per heavy atom. The SMILES string of the molecule is Cc1ccnc(Cl)c1NS(=O)(=O)c1ccc(Cl)c(Br)c1. The number of nitrogens with one attached hydrogen (secondary N) is 1. The fraction of sp³-hybridized carbons (Fsp3) is 0.0833. The van der Waals surface area contributed by atoms with Crippen LogP contribution in [0.4, 0.5) is 5.69 Å². The maximum atomic E-state index is 12.3. The first-order chi connectivity index (χ1) is 9.31. The van der Waals surface area contributed by atoms with Crippen molar-refractivity contribution in [3.63, 3.8) is 0 Å². The first kappa shape index (κ1) is 15.6. The van der Waals surface area contributed by atoms with Gasteiger partial charge in [-0.05, 0) is 52.7 Å². The number of hydrogen-bond donors (Lipinski definition) is 1. The highest BCUT2D eigenvalue weighted by Crippen LogP contribution is 2.29. The van der Waals surface area contributed by atoms with Gasteiger partial charge < -0.3 is 0 Å². The van der Waals surface area contributed by atoms with Crippen LogP contribution in [0.15, 0.2) is 39.8 Å². The molecule has 0 atom stereocenters. The zero-order chi connectivity index (χ0) is 14.9. The monoisotopic (exact) mass is 394 g/mol. The van der Waals surface area contributed by atoms with Gasteiger partial charge in [0, 0.05) is 10.7 Å². The molecule has 0 unspecified atom stereocenters. The van der Waals surface area contributed by atoms with Gasteiger partial charge in [-0.3, -0.25) is 4.72 Å². The Labute approximate surface area is 135 Å². The molecular formula is C12H9BrCl2N2O2S. The maximum absolute atomic E-state index is 12.3. The van der Waals surface area contributed by atoms with Crippen molar-refractivity contribution in [1.29, 1.82) is 0 Å². The van der Waals surface area contributed by atoms with Crippen LogP contribution in [-0.4, -0.2) is 13.4 Å². The third kappa shape index (κ3) is 3.25. The van der Waals surface area contributed by atoms with Gasteiger partial charge in [0.05, 0.1) is 15.6 Å². The predicted molar refractivity (Wildman–Crippen MR) is 83.9 cm³/mol. The average molecular weight is 396 g/mol. The number of benzene rings is 1. The second-order valence-corrected chi connectivity index (χ2v) is 7.28. The highest BCUT2D eigenvalue weighted by Gasteiger charge is 2.18. The van der Waals surface area contributed by atoms with E-state index < -0.39 is 10.0 Å². The minimum atomic E-state index is -3.76. The van der Waals surface area contributed by atoms with Gasteiger partial charge in [-0.15, -0.1) is 0 Å². The number of rotatable bonds is 3. The summed E-state index contributed by atoms with van der Waals surface area (Å²) in [5, 5.41) is 0.529. The third-order valence-corrected chi connectivity index (χ3v) is 5.40. The van der Waals surface area contributed by atoms with Crippen LogP contribution in [0.1, 0.15) is 5.56 Å². The van der Waals surface area contributed by atoms with Crippen LogP contribution in [0.3, 0.4) is 0 Å². The Morgan fingerprint density at radius 3 is 2.55 bits per heavy atom. The quantitative estimate of drug-likeness (QED) is 0.789. The van der Waals surface area contributed by atoms with Gasteiger partial charge in [-0.2, -0.15) is 0 Å². The Bertz CT molecular complexity index is 746. The minimum Gasteiger partial charge on any atom is -0.276 e. The molecule has 0 saturated carbocycles. The highest BCUT2D eigenvalue weighted by atomic mass is 79.9. The number of sulfonamides is 1. The van der Waals surface area contributed by atoms with Crippen molar-refractivity contribution in [2.24, 2.45) is 0 Å². The van der Waals surface area contributed by atoms with Crippen LogP contribution in [0.2, 0.25) is 10.2 Å². The summed E-state index contributed by atoms with van der Waals surface area (Å²) in [6.07, 6.45) is 1.51. The number of aromatic nitrogens is 1. The van der Waals surface area contributed by atoms with Gasteiger partial charge in [0.25, 0.3) is 10.0 Å². The summed E-state index contributed by atoms with van der Waals surface area (Å²) in [6, 6.07) is 6.00. The number of pyridine rings is 1. The number of nitrogens with zero attached hydrogens (tertiary/aromatic N) is 1. The zero-order valence-electron chi connectivity index (χ0n) is 10.2. The lowest BCUT2D eigenvalue weighted by Crippen LogP contribution is -2.14. The van der Waals surface area contributed by atoms with Crippen molar-refractivity contribution in [3.05, 3.63) is 50.7 Å². The van der Waals surface area contributed by atoms with E-state index >= 15 is 0 Å². The van der Waals surface area contributed by atoms with E-state index in [-0.39, 0.29) is 15.7 Å². The molecule has 0 saturated heterocycles. The molecule has 0 aliphatic heterocycles. The van der Waals surface area contributed by atoms with Crippen molar-refractivity contribution in [2.45, 2.75) is 11.8 Å². The van der Waals surface area contributed by atoms with E-state index in [1.807, 2.05) is 0 Å². The lowest BCUT2D eigenvalue weighted by atomic mass is 10.3. The smallest absolute Gasteiger partial charge is 0.262 e. The molecular weight excluding hydrogens is 387 g/mol. The molecule has 0 aliphatic rings. The van der Waals surface area contributed by atoms with E-state index in [2.05, 4.69) is 25.6 Å². The van der Waals surface area contributed by atoms with E-state index in [9.17, 15) is 8.42 Å². The highest BCUT2D eigenvalue weighted by molar-refractivity contribution is 9.10. The molecule has 0 spiro atoms. The van der Waals surface area contributed by atoms with Crippen molar-refractivity contribution in [2.75, 3.05) is 4.72 Å². The Kier molecular flexibility index (Phi) is 4.59. The van der Waals surface area contributed by atoms with E-state index in [0.717, 1.165) is 0 Å². The number of aryl methyl sites for hydroxylation is 1. The van der Waals surface area contributed by atoms with E-state index in [1.54, 1.807) is 13.0 Å². The fourth-order valence-electron chi connectivity index (χ4n) is 1.48. The third-order valence-electron chi connectivity index (χ3n) is 2.55. The Balaban J connectivity index is 2.43.